The molecule has 1 aliphatic carbocycles. The van der Waals surface area contributed by atoms with Gasteiger partial charge in [0.05, 0.1) is 18.4 Å². The third kappa shape index (κ3) is 5.36. The lowest BCUT2D eigenvalue weighted by Gasteiger charge is -2.13. The largest absolute Gasteiger partial charge is 0.451 e. The first kappa shape index (κ1) is 20.9. The highest BCUT2D eigenvalue weighted by atomic mass is 32.1. The first-order chi connectivity index (χ1) is 14.1. The molecule has 0 saturated carbocycles. The Balaban J connectivity index is 1.67. The van der Waals surface area contributed by atoms with Crippen molar-refractivity contribution in [1.29, 1.82) is 0 Å². The van der Waals surface area contributed by atoms with E-state index in [-0.39, 0.29) is 11.6 Å². The molecule has 3 rings (SSSR count). The monoisotopic (exact) mass is 418 g/mol. The van der Waals surface area contributed by atoms with Gasteiger partial charge in [-0.25, -0.2) is 9.78 Å². The van der Waals surface area contributed by atoms with Gasteiger partial charge in [-0.1, -0.05) is 0 Å². The molecule has 29 heavy (non-hydrogen) atoms. The molecule has 0 aliphatic heterocycles. The summed E-state index contributed by atoms with van der Waals surface area (Å²) in [5, 5.41) is 6.01. The molecule has 1 aliphatic rings. The van der Waals surface area contributed by atoms with Gasteiger partial charge in [-0.05, 0) is 31.2 Å². The number of aromatic nitrogens is 2. The molecular weight excluding hydrogens is 396 g/mol. The molecule has 2 aromatic heterocycles. The van der Waals surface area contributed by atoms with Crippen LogP contribution in [0.2, 0.25) is 0 Å². The van der Waals surface area contributed by atoms with Crippen LogP contribution in [0.25, 0.3) is 0 Å². The van der Waals surface area contributed by atoms with Crippen LogP contribution in [0, 0.1) is 0 Å². The van der Waals surface area contributed by atoms with Crippen LogP contribution in [0.1, 0.15) is 44.1 Å². The fourth-order valence-electron chi connectivity index (χ4n) is 3.02. The Bertz CT molecular complexity index is 884. The van der Waals surface area contributed by atoms with Crippen molar-refractivity contribution in [1.82, 2.24) is 15.3 Å². The summed E-state index contributed by atoms with van der Waals surface area (Å²) < 4.78 is 9.95. The second-order valence-electron chi connectivity index (χ2n) is 6.38. The van der Waals surface area contributed by atoms with Crippen LogP contribution in [-0.4, -0.2) is 54.6 Å². The molecule has 2 amide bonds. The summed E-state index contributed by atoms with van der Waals surface area (Å²) in [5.41, 5.74) is 1.50. The fourth-order valence-corrected chi connectivity index (χ4v) is 4.32. The molecule has 0 unspecified atom stereocenters. The normalized spacial score (nSPS) is 12.7. The minimum absolute atomic E-state index is 0.0186. The van der Waals surface area contributed by atoms with E-state index >= 15 is 0 Å². The first-order valence-corrected chi connectivity index (χ1v) is 10.1. The second kappa shape index (κ2) is 10.1. The van der Waals surface area contributed by atoms with Crippen LogP contribution in [0.5, 0.6) is 0 Å². The fraction of sp³-hybridized carbons (Fsp3) is 0.421. The maximum Gasteiger partial charge on any atom is 0.359 e. The van der Waals surface area contributed by atoms with Crippen molar-refractivity contribution in [2.24, 2.45) is 0 Å². The Morgan fingerprint density at radius 1 is 1.21 bits per heavy atom. The van der Waals surface area contributed by atoms with Gasteiger partial charge in [0.25, 0.3) is 11.8 Å². The smallest absolute Gasteiger partial charge is 0.359 e. The van der Waals surface area contributed by atoms with Gasteiger partial charge in [0.1, 0.15) is 5.00 Å². The van der Waals surface area contributed by atoms with Crippen LogP contribution in [0.3, 0.4) is 0 Å². The summed E-state index contributed by atoms with van der Waals surface area (Å²) >= 11 is 1.40. The number of aryl methyl sites for hydroxylation is 1. The number of fused-ring (bicyclic) bond motifs is 1. The molecular formula is C19H22N4O5S. The predicted molar refractivity (Wildman–Crippen MR) is 106 cm³/mol. The minimum atomic E-state index is -0.740. The van der Waals surface area contributed by atoms with Gasteiger partial charge in [0.2, 0.25) is 0 Å². The highest BCUT2D eigenvalue weighted by Gasteiger charge is 2.26. The van der Waals surface area contributed by atoms with E-state index in [1.165, 1.54) is 29.9 Å². The highest BCUT2D eigenvalue weighted by Crippen LogP contribution is 2.38. The van der Waals surface area contributed by atoms with E-state index in [2.05, 4.69) is 20.6 Å². The number of hydrogen-bond donors (Lipinski definition) is 2. The average Bonchev–Trinajstić information content (AvgIpc) is 3.10. The Morgan fingerprint density at radius 2 is 2.03 bits per heavy atom. The number of amides is 2. The molecule has 0 bridgehead atoms. The number of ether oxygens (including phenoxy) is 2. The van der Waals surface area contributed by atoms with Crippen LogP contribution < -0.4 is 10.6 Å². The molecule has 0 spiro atoms. The van der Waals surface area contributed by atoms with E-state index in [1.807, 2.05) is 0 Å². The van der Waals surface area contributed by atoms with Gasteiger partial charge >= 0.3 is 5.97 Å². The van der Waals surface area contributed by atoms with Gasteiger partial charge < -0.3 is 20.1 Å². The van der Waals surface area contributed by atoms with Crippen LogP contribution in [0.4, 0.5) is 5.00 Å². The molecule has 154 valence electrons. The van der Waals surface area contributed by atoms with Crippen molar-refractivity contribution in [2.45, 2.75) is 25.7 Å². The number of carbonyl (C=O) groups is 3. The number of anilines is 1. The molecule has 0 saturated heterocycles. The predicted octanol–water partition coefficient (Wildman–Crippen LogP) is 1.59. The van der Waals surface area contributed by atoms with E-state index in [0.29, 0.717) is 23.7 Å². The van der Waals surface area contributed by atoms with Crippen LogP contribution in [0.15, 0.2) is 18.6 Å². The lowest BCUT2D eigenvalue weighted by Crippen LogP contribution is -2.29. The van der Waals surface area contributed by atoms with E-state index < -0.39 is 18.5 Å². The zero-order valence-corrected chi connectivity index (χ0v) is 16.8. The second-order valence-corrected chi connectivity index (χ2v) is 7.48. The standard InChI is InChI=1S/C19H22N4O5S/c1-27-9-8-22-17(25)16-12-4-2-3-5-14(12)29-18(16)23-15(24)11-28-19(26)13-10-20-6-7-21-13/h6-7,10H,2-5,8-9,11H2,1H3,(H,22,25)(H,23,24). The van der Waals surface area contributed by atoms with Crippen molar-refractivity contribution in [2.75, 3.05) is 32.2 Å². The highest BCUT2D eigenvalue weighted by molar-refractivity contribution is 7.17. The maximum atomic E-state index is 12.7. The maximum absolute atomic E-state index is 12.7. The zero-order valence-electron chi connectivity index (χ0n) is 16.0. The Morgan fingerprint density at radius 3 is 2.79 bits per heavy atom. The molecule has 2 N–H and O–H groups in total. The quantitative estimate of drug-likeness (QED) is 0.493. The number of rotatable bonds is 8. The van der Waals surface area contributed by atoms with Crippen LogP contribution >= 0.6 is 11.3 Å². The van der Waals surface area contributed by atoms with E-state index in [4.69, 9.17) is 9.47 Å². The van der Waals surface area contributed by atoms with Crippen LogP contribution in [-0.2, 0) is 27.1 Å². The summed E-state index contributed by atoms with van der Waals surface area (Å²) in [7, 11) is 1.56. The van der Waals surface area contributed by atoms with Crippen molar-refractivity contribution in [3.05, 3.63) is 40.3 Å². The van der Waals surface area contributed by atoms with E-state index in [1.54, 1.807) is 7.11 Å². The van der Waals surface area contributed by atoms with Gasteiger partial charge in [0.15, 0.2) is 12.3 Å². The third-order valence-electron chi connectivity index (χ3n) is 4.35. The Hall–Kier alpha value is -2.85. The van der Waals surface area contributed by atoms with Crippen molar-refractivity contribution >= 4 is 34.1 Å². The van der Waals surface area contributed by atoms with E-state index in [9.17, 15) is 14.4 Å². The topological polar surface area (TPSA) is 120 Å². The number of thiophene rings is 1. The lowest BCUT2D eigenvalue weighted by atomic mass is 9.95. The van der Waals surface area contributed by atoms with Gasteiger partial charge in [-0.15, -0.1) is 11.3 Å². The number of hydrogen-bond acceptors (Lipinski definition) is 8. The van der Waals surface area contributed by atoms with E-state index in [0.717, 1.165) is 36.1 Å². The molecule has 0 atom stereocenters. The summed E-state index contributed by atoms with van der Waals surface area (Å²) in [5.74, 6) is -1.50. The molecule has 2 aromatic rings. The van der Waals surface area contributed by atoms with Crippen molar-refractivity contribution in [3.63, 3.8) is 0 Å². The van der Waals surface area contributed by atoms with Gasteiger partial charge in [-0.3, -0.25) is 14.6 Å². The Labute approximate surface area is 171 Å². The van der Waals surface area contributed by atoms with Crippen molar-refractivity contribution < 1.29 is 23.9 Å². The summed E-state index contributed by atoms with van der Waals surface area (Å²) in [4.78, 5) is 45.6. The molecule has 9 nitrogen and oxygen atoms in total. The summed E-state index contributed by atoms with van der Waals surface area (Å²) in [6.07, 6.45) is 7.80. The number of carbonyl (C=O) groups excluding carboxylic acids is 3. The zero-order chi connectivity index (χ0) is 20.6. The lowest BCUT2D eigenvalue weighted by molar-refractivity contribution is -0.119. The molecule has 10 heteroatoms. The number of nitrogens with one attached hydrogen (secondary N) is 2. The summed E-state index contributed by atoms with van der Waals surface area (Å²) in [6, 6.07) is 0. The Kier molecular flexibility index (Phi) is 7.25. The van der Waals surface area contributed by atoms with Gasteiger partial charge in [-0.2, -0.15) is 0 Å². The number of esters is 1. The minimum Gasteiger partial charge on any atom is -0.451 e. The molecule has 0 radical (unpaired) electrons. The number of nitrogens with zero attached hydrogens (tertiary/aromatic N) is 2. The SMILES string of the molecule is COCCNC(=O)c1c(NC(=O)COC(=O)c2cnccn2)sc2c1CCCC2. The summed E-state index contributed by atoms with van der Waals surface area (Å²) in [6.45, 7) is 0.295. The average molecular weight is 418 g/mol. The molecule has 2 heterocycles. The number of methoxy groups -OCH3 is 1. The third-order valence-corrected chi connectivity index (χ3v) is 5.56. The molecule has 0 fully saturated rings. The van der Waals surface area contributed by atoms with Gasteiger partial charge in [0, 0.05) is 30.9 Å². The first-order valence-electron chi connectivity index (χ1n) is 9.24. The molecule has 0 aromatic carbocycles. The van der Waals surface area contributed by atoms with Crippen molar-refractivity contribution in [3.8, 4) is 0 Å².